The molecular formula is C14H29NO5S. The van der Waals surface area contributed by atoms with Crippen LogP contribution in [0, 0.1) is 5.92 Å². The SMILES string of the molecule is CCOCC(C)CS(=O)(=O)NCCCOCC1CCCO1. The Labute approximate surface area is 128 Å². The van der Waals surface area contributed by atoms with Crippen LogP contribution in [0.2, 0.25) is 0 Å². The van der Waals surface area contributed by atoms with Crippen LogP contribution in [0.1, 0.15) is 33.1 Å². The topological polar surface area (TPSA) is 73.9 Å². The molecule has 0 aromatic rings. The molecule has 1 N–H and O–H groups in total. The number of rotatable bonds is 12. The van der Waals surface area contributed by atoms with Crippen molar-refractivity contribution in [3.05, 3.63) is 0 Å². The number of sulfonamides is 1. The first-order valence-electron chi connectivity index (χ1n) is 7.78. The Morgan fingerprint density at radius 3 is 2.86 bits per heavy atom. The molecule has 1 aliphatic rings. The van der Waals surface area contributed by atoms with E-state index < -0.39 is 10.0 Å². The minimum atomic E-state index is -3.22. The zero-order valence-electron chi connectivity index (χ0n) is 13.2. The van der Waals surface area contributed by atoms with E-state index in [1.165, 1.54) is 0 Å². The van der Waals surface area contributed by atoms with E-state index in [1.807, 2.05) is 13.8 Å². The molecule has 1 heterocycles. The first-order chi connectivity index (χ1) is 10.0. The van der Waals surface area contributed by atoms with Crippen molar-refractivity contribution < 1.29 is 22.6 Å². The Morgan fingerprint density at radius 1 is 1.38 bits per heavy atom. The Bertz CT molecular complexity index is 354. The van der Waals surface area contributed by atoms with E-state index in [4.69, 9.17) is 14.2 Å². The van der Waals surface area contributed by atoms with Gasteiger partial charge in [0.1, 0.15) is 0 Å². The molecule has 2 atom stereocenters. The highest BCUT2D eigenvalue weighted by atomic mass is 32.2. The molecule has 0 bridgehead atoms. The summed E-state index contributed by atoms with van der Waals surface area (Å²) >= 11 is 0. The van der Waals surface area contributed by atoms with Crippen molar-refractivity contribution in [1.29, 1.82) is 0 Å². The summed E-state index contributed by atoms with van der Waals surface area (Å²) < 4.78 is 42.4. The summed E-state index contributed by atoms with van der Waals surface area (Å²) in [6.07, 6.45) is 3.06. The van der Waals surface area contributed by atoms with Crippen molar-refractivity contribution in [3.63, 3.8) is 0 Å². The molecule has 0 aliphatic carbocycles. The number of hydrogen-bond acceptors (Lipinski definition) is 5. The smallest absolute Gasteiger partial charge is 0.211 e. The van der Waals surface area contributed by atoms with Crippen LogP contribution in [-0.2, 0) is 24.2 Å². The predicted octanol–water partition coefficient (Wildman–Crippen LogP) is 1.16. The lowest BCUT2D eigenvalue weighted by molar-refractivity contribution is 0.0169. The number of nitrogens with one attached hydrogen (secondary N) is 1. The Kier molecular flexibility index (Phi) is 9.42. The maximum atomic E-state index is 11.8. The number of ether oxygens (including phenoxy) is 3. The third-order valence-electron chi connectivity index (χ3n) is 3.23. The molecule has 0 amide bonds. The van der Waals surface area contributed by atoms with E-state index in [1.54, 1.807) is 0 Å². The van der Waals surface area contributed by atoms with Gasteiger partial charge < -0.3 is 14.2 Å². The summed E-state index contributed by atoms with van der Waals surface area (Å²) in [5, 5.41) is 0. The summed E-state index contributed by atoms with van der Waals surface area (Å²) in [6.45, 7) is 7.26. The number of hydrogen-bond donors (Lipinski definition) is 1. The second-order valence-corrected chi connectivity index (χ2v) is 7.36. The van der Waals surface area contributed by atoms with Crippen LogP contribution in [0.15, 0.2) is 0 Å². The molecule has 1 aliphatic heterocycles. The van der Waals surface area contributed by atoms with Crippen molar-refractivity contribution in [3.8, 4) is 0 Å². The van der Waals surface area contributed by atoms with Crippen molar-refractivity contribution in [2.24, 2.45) is 5.92 Å². The van der Waals surface area contributed by atoms with Crippen LogP contribution in [0.5, 0.6) is 0 Å². The van der Waals surface area contributed by atoms with Gasteiger partial charge in [-0.15, -0.1) is 0 Å². The first kappa shape index (κ1) is 18.8. The third-order valence-corrected chi connectivity index (χ3v) is 4.88. The van der Waals surface area contributed by atoms with Gasteiger partial charge in [0, 0.05) is 26.4 Å². The highest BCUT2D eigenvalue weighted by molar-refractivity contribution is 7.89. The molecule has 2 unspecified atom stereocenters. The molecule has 7 heteroatoms. The van der Waals surface area contributed by atoms with Crippen LogP contribution in [0.4, 0.5) is 0 Å². The van der Waals surface area contributed by atoms with Crippen LogP contribution in [-0.4, -0.2) is 59.9 Å². The summed E-state index contributed by atoms with van der Waals surface area (Å²) in [5.74, 6) is 0.0993. The average Bonchev–Trinajstić information content (AvgIpc) is 2.93. The maximum absolute atomic E-state index is 11.8. The summed E-state index contributed by atoms with van der Waals surface area (Å²) in [4.78, 5) is 0. The second kappa shape index (κ2) is 10.5. The Balaban J connectivity index is 2.01. The van der Waals surface area contributed by atoms with Gasteiger partial charge in [-0.2, -0.15) is 0 Å². The van der Waals surface area contributed by atoms with Gasteiger partial charge in [-0.1, -0.05) is 6.92 Å². The van der Waals surface area contributed by atoms with Crippen molar-refractivity contribution in [2.75, 3.05) is 45.3 Å². The molecule has 0 saturated carbocycles. The molecule has 0 spiro atoms. The fraction of sp³-hybridized carbons (Fsp3) is 1.00. The van der Waals surface area contributed by atoms with Gasteiger partial charge >= 0.3 is 0 Å². The molecular weight excluding hydrogens is 294 g/mol. The molecule has 126 valence electrons. The van der Waals surface area contributed by atoms with Crippen LogP contribution >= 0.6 is 0 Å². The van der Waals surface area contributed by atoms with E-state index in [2.05, 4.69) is 4.72 Å². The van der Waals surface area contributed by atoms with Crippen LogP contribution in [0.25, 0.3) is 0 Å². The lowest BCUT2D eigenvalue weighted by atomic mass is 10.2. The third kappa shape index (κ3) is 9.42. The van der Waals surface area contributed by atoms with Gasteiger partial charge in [-0.3, -0.25) is 0 Å². The molecule has 1 rings (SSSR count). The van der Waals surface area contributed by atoms with E-state index in [0.717, 1.165) is 19.4 Å². The predicted molar refractivity (Wildman–Crippen MR) is 81.9 cm³/mol. The van der Waals surface area contributed by atoms with Gasteiger partial charge in [0.25, 0.3) is 0 Å². The fourth-order valence-electron chi connectivity index (χ4n) is 2.19. The molecule has 0 radical (unpaired) electrons. The minimum absolute atomic E-state index is 0.00165. The van der Waals surface area contributed by atoms with E-state index in [-0.39, 0.29) is 17.8 Å². The van der Waals surface area contributed by atoms with E-state index in [0.29, 0.717) is 39.4 Å². The highest BCUT2D eigenvalue weighted by Crippen LogP contribution is 2.11. The van der Waals surface area contributed by atoms with Gasteiger partial charge in [-0.25, -0.2) is 13.1 Å². The van der Waals surface area contributed by atoms with Crippen molar-refractivity contribution in [2.45, 2.75) is 39.2 Å². The van der Waals surface area contributed by atoms with Gasteiger partial charge in [0.05, 0.1) is 25.1 Å². The largest absolute Gasteiger partial charge is 0.381 e. The van der Waals surface area contributed by atoms with Gasteiger partial charge in [0.2, 0.25) is 10.0 Å². The minimum Gasteiger partial charge on any atom is -0.381 e. The zero-order valence-corrected chi connectivity index (χ0v) is 14.0. The monoisotopic (exact) mass is 323 g/mol. The van der Waals surface area contributed by atoms with E-state index >= 15 is 0 Å². The van der Waals surface area contributed by atoms with Crippen LogP contribution in [0.3, 0.4) is 0 Å². The second-order valence-electron chi connectivity index (χ2n) is 5.50. The molecule has 0 aromatic carbocycles. The molecule has 1 fully saturated rings. The lowest BCUT2D eigenvalue weighted by Gasteiger charge is -2.13. The van der Waals surface area contributed by atoms with Crippen molar-refractivity contribution >= 4 is 10.0 Å². The zero-order chi connectivity index (χ0) is 15.6. The lowest BCUT2D eigenvalue weighted by Crippen LogP contribution is -2.31. The first-order valence-corrected chi connectivity index (χ1v) is 9.43. The molecule has 21 heavy (non-hydrogen) atoms. The average molecular weight is 323 g/mol. The Morgan fingerprint density at radius 2 is 2.19 bits per heavy atom. The van der Waals surface area contributed by atoms with Gasteiger partial charge in [-0.05, 0) is 32.1 Å². The molecule has 6 nitrogen and oxygen atoms in total. The quantitative estimate of drug-likeness (QED) is 0.546. The van der Waals surface area contributed by atoms with E-state index in [9.17, 15) is 8.42 Å². The fourth-order valence-corrected chi connectivity index (χ4v) is 3.61. The van der Waals surface area contributed by atoms with Crippen LogP contribution < -0.4 is 4.72 Å². The standard InChI is InChI=1S/C14H29NO5S/c1-3-18-10-13(2)12-21(16,17)15-7-5-8-19-11-14-6-4-9-20-14/h13-15H,3-12H2,1-2H3. The molecule has 1 saturated heterocycles. The highest BCUT2D eigenvalue weighted by Gasteiger charge is 2.16. The van der Waals surface area contributed by atoms with Gasteiger partial charge in [0.15, 0.2) is 0 Å². The Hall–Kier alpha value is -0.210. The molecule has 0 aromatic heterocycles. The maximum Gasteiger partial charge on any atom is 0.211 e. The summed E-state index contributed by atoms with van der Waals surface area (Å²) in [6, 6.07) is 0. The summed E-state index contributed by atoms with van der Waals surface area (Å²) in [7, 11) is -3.22. The normalized spacial score (nSPS) is 20.8. The summed E-state index contributed by atoms with van der Waals surface area (Å²) in [5.41, 5.74) is 0. The van der Waals surface area contributed by atoms with Crippen molar-refractivity contribution in [1.82, 2.24) is 4.72 Å².